The Morgan fingerprint density at radius 3 is 3.06 bits per heavy atom. The number of hydrogen-bond donors (Lipinski definition) is 1. The van der Waals surface area contributed by atoms with Gasteiger partial charge in [0.2, 0.25) is 0 Å². The van der Waals surface area contributed by atoms with E-state index in [0.717, 1.165) is 12.8 Å². The van der Waals surface area contributed by atoms with E-state index in [2.05, 4.69) is 31.8 Å². The fourth-order valence-corrected chi connectivity index (χ4v) is 3.00. The number of aromatic nitrogens is 1. The minimum Gasteiger partial charge on any atom is -0.325 e. The predicted molar refractivity (Wildman–Crippen MR) is 72.0 cm³/mol. The zero-order valence-corrected chi connectivity index (χ0v) is 11.2. The number of fused-ring (bicyclic) bond motifs is 1. The summed E-state index contributed by atoms with van der Waals surface area (Å²) in [6.45, 7) is 6.69. The SMILES string of the molecule is CCC(C)C(C)(N)C1CCCc2cccnc21. The minimum absolute atomic E-state index is 0.141. The lowest BCUT2D eigenvalue weighted by molar-refractivity contribution is 0.233. The molecule has 1 aromatic heterocycles. The third kappa shape index (κ3) is 2.23. The summed E-state index contributed by atoms with van der Waals surface area (Å²) in [5.41, 5.74) is 9.14. The van der Waals surface area contributed by atoms with Gasteiger partial charge in [-0.25, -0.2) is 0 Å². The van der Waals surface area contributed by atoms with Crippen molar-refractivity contribution in [2.24, 2.45) is 11.7 Å². The van der Waals surface area contributed by atoms with E-state index in [0.29, 0.717) is 11.8 Å². The predicted octanol–water partition coefficient (Wildman–Crippen LogP) is 3.27. The van der Waals surface area contributed by atoms with Crippen LogP contribution in [-0.2, 0) is 6.42 Å². The number of rotatable bonds is 3. The molecule has 94 valence electrons. The Hall–Kier alpha value is -0.890. The van der Waals surface area contributed by atoms with Gasteiger partial charge in [-0.15, -0.1) is 0 Å². The molecule has 0 amide bonds. The third-order valence-electron chi connectivity index (χ3n) is 4.62. The Bertz CT molecular complexity index is 384. The lowest BCUT2D eigenvalue weighted by atomic mass is 9.69. The van der Waals surface area contributed by atoms with Gasteiger partial charge >= 0.3 is 0 Å². The lowest BCUT2D eigenvalue weighted by Crippen LogP contribution is -2.49. The van der Waals surface area contributed by atoms with Crippen LogP contribution in [0.3, 0.4) is 0 Å². The standard InChI is InChI=1S/C15H24N2/c1-4-11(2)15(3,16)13-9-5-7-12-8-6-10-17-14(12)13/h6,8,10-11,13H,4-5,7,9,16H2,1-3H3. The fraction of sp³-hybridized carbons (Fsp3) is 0.667. The maximum absolute atomic E-state index is 6.62. The second-order valence-corrected chi connectivity index (χ2v) is 5.67. The molecular weight excluding hydrogens is 208 g/mol. The minimum atomic E-state index is -0.141. The summed E-state index contributed by atoms with van der Waals surface area (Å²) in [6.07, 6.45) is 6.62. The van der Waals surface area contributed by atoms with Crippen molar-refractivity contribution in [3.8, 4) is 0 Å². The van der Waals surface area contributed by atoms with Gasteiger partial charge in [-0.2, -0.15) is 0 Å². The molecule has 17 heavy (non-hydrogen) atoms. The van der Waals surface area contributed by atoms with Crippen LogP contribution in [0.5, 0.6) is 0 Å². The van der Waals surface area contributed by atoms with Crippen LogP contribution in [0.2, 0.25) is 0 Å². The average molecular weight is 232 g/mol. The molecule has 0 fully saturated rings. The van der Waals surface area contributed by atoms with Crippen molar-refractivity contribution in [3.05, 3.63) is 29.6 Å². The normalized spacial score (nSPS) is 24.8. The van der Waals surface area contributed by atoms with E-state index in [4.69, 9.17) is 5.73 Å². The lowest BCUT2D eigenvalue weighted by Gasteiger charge is -2.41. The largest absolute Gasteiger partial charge is 0.325 e. The summed E-state index contributed by atoms with van der Waals surface area (Å²) in [4.78, 5) is 4.60. The van der Waals surface area contributed by atoms with Crippen LogP contribution in [0, 0.1) is 5.92 Å². The molecular formula is C15H24N2. The Labute approximate surface area is 105 Å². The van der Waals surface area contributed by atoms with Crippen LogP contribution in [0.4, 0.5) is 0 Å². The summed E-state index contributed by atoms with van der Waals surface area (Å²) in [6, 6.07) is 4.25. The van der Waals surface area contributed by atoms with Crippen LogP contribution in [0.15, 0.2) is 18.3 Å². The maximum atomic E-state index is 6.62. The molecule has 2 heteroatoms. The van der Waals surface area contributed by atoms with Gasteiger partial charge in [-0.1, -0.05) is 26.3 Å². The average Bonchev–Trinajstić information content (AvgIpc) is 2.37. The Morgan fingerprint density at radius 2 is 2.35 bits per heavy atom. The molecule has 0 spiro atoms. The molecule has 1 aromatic rings. The van der Waals surface area contributed by atoms with E-state index >= 15 is 0 Å². The van der Waals surface area contributed by atoms with E-state index in [9.17, 15) is 0 Å². The second-order valence-electron chi connectivity index (χ2n) is 5.67. The summed E-state index contributed by atoms with van der Waals surface area (Å²) in [5.74, 6) is 0.947. The highest BCUT2D eigenvalue weighted by atomic mass is 14.8. The summed E-state index contributed by atoms with van der Waals surface area (Å²) in [5, 5.41) is 0. The number of aryl methyl sites for hydroxylation is 1. The topological polar surface area (TPSA) is 38.9 Å². The van der Waals surface area contributed by atoms with Crippen molar-refractivity contribution >= 4 is 0 Å². The highest BCUT2D eigenvalue weighted by Crippen LogP contribution is 2.40. The van der Waals surface area contributed by atoms with Crippen molar-refractivity contribution < 1.29 is 0 Å². The quantitative estimate of drug-likeness (QED) is 0.868. The number of pyridine rings is 1. The molecule has 2 rings (SSSR count). The van der Waals surface area contributed by atoms with E-state index in [1.165, 1.54) is 24.1 Å². The second kappa shape index (κ2) is 4.77. The van der Waals surface area contributed by atoms with E-state index in [1.807, 2.05) is 12.3 Å². The molecule has 3 atom stereocenters. The number of nitrogens with two attached hydrogens (primary N) is 1. The zero-order chi connectivity index (χ0) is 12.5. The summed E-state index contributed by atoms with van der Waals surface area (Å²) >= 11 is 0. The van der Waals surface area contributed by atoms with Crippen molar-refractivity contribution in [2.75, 3.05) is 0 Å². The van der Waals surface area contributed by atoms with Gasteiger partial charge < -0.3 is 5.73 Å². The molecule has 1 aliphatic carbocycles. The van der Waals surface area contributed by atoms with Crippen LogP contribution < -0.4 is 5.73 Å². The van der Waals surface area contributed by atoms with Crippen LogP contribution in [0.25, 0.3) is 0 Å². The maximum Gasteiger partial charge on any atom is 0.0484 e. The van der Waals surface area contributed by atoms with Crippen molar-refractivity contribution in [1.29, 1.82) is 0 Å². The number of hydrogen-bond acceptors (Lipinski definition) is 2. The van der Waals surface area contributed by atoms with Crippen molar-refractivity contribution in [3.63, 3.8) is 0 Å². The van der Waals surface area contributed by atoms with Crippen molar-refractivity contribution in [2.45, 2.75) is 57.9 Å². The molecule has 3 unspecified atom stereocenters. The van der Waals surface area contributed by atoms with Gasteiger partial charge in [0.25, 0.3) is 0 Å². The Morgan fingerprint density at radius 1 is 1.59 bits per heavy atom. The Kier molecular flexibility index (Phi) is 3.53. The van der Waals surface area contributed by atoms with Gasteiger partial charge in [-0.05, 0) is 43.7 Å². The van der Waals surface area contributed by atoms with Crippen molar-refractivity contribution in [1.82, 2.24) is 4.98 Å². The van der Waals surface area contributed by atoms with E-state index in [1.54, 1.807) is 0 Å². The first-order valence-electron chi connectivity index (χ1n) is 6.80. The molecule has 0 aliphatic heterocycles. The molecule has 0 saturated heterocycles. The third-order valence-corrected chi connectivity index (χ3v) is 4.62. The van der Waals surface area contributed by atoms with E-state index < -0.39 is 0 Å². The molecule has 0 aromatic carbocycles. The zero-order valence-electron chi connectivity index (χ0n) is 11.2. The molecule has 1 heterocycles. The smallest absolute Gasteiger partial charge is 0.0484 e. The van der Waals surface area contributed by atoms with E-state index in [-0.39, 0.29) is 5.54 Å². The monoisotopic (exact) mass is 232 g/mol. The summed E-state index contributed by atoms with van der Waals surface area (Å²) < 4.78 is 0. The highest BCUT2D eigenvalue weighted by Gasteiger charge is 2.38. The molecule has 0 saturated carbocycles. The van der Waals surface area contributed by atoms with Crippen LogP contribution >= 0.6 is 0 Å². The van der Waals surface area contributed by atoms with Crippen LogP contribution in [0.1, 0.15) is 57.2 Å². The first-order valence-corrected chi connectivity index (χ1v) is 6.80. The van der Waals surface area contributed by atoms with Crippen LogP contribution in [-0.4, -0.2) is 10.5 Å². The first kappa shape index (κ1) is 12.6. The molecule has 0 bridgehead atoms. The van der Waals surface area contributed by atoms with Gasteiger partial charge in [0.15, 0.2) is 0 Å². The molecule has 2 N–H and O–H groups in total. The fourth-order valence-electron chi connectivity index (χ4n) is 3.00. The highest BCUT2D eigenvalue weighted by molar-refractivity contribution is 5.29. The summed E-state index contributed by atoms with van der Waals surface area (Å²) in [7, 11) is 0. The number of nitrogens with zero attached hydrogens (tertiary/aromatic N) is 1. The van der Waals surface area contributed by atoms with Gasteiger partial charge in [0.05, 0.1) is 0 Å². The molecule has 0 radical (unpaired) electrons. The molecule has 2 nitrogen and oxygen atoms in total. The van der Waals surface area contributed by atoms with Gasteiger partial charge in [-0.3, -0.25) is 4.98 Å². The molecule has 1 aliphatic rings. The first-order chi connectivity index (χ1) is 8.07. The van der Waals surface area contributed by atoms with Gasteiger partial charge in [0.1, 0.15) is 0 Å². The van der Waals surface area contributed by atoms with Gasteiger partial charge in [0, 0.05) is 23.3 Å². The Balaban J connectivity index is 2.35.